The summed E-state index contributed by atoms with van der Waals surface area (Å²) in [7, 11) is 0. The molecule has 0 spiro atoms. The summed E-state index contributed by atoms with van der Waals surface area (Å²) in [6, 6.07) is 9.22. The van der Waals surface area contributed by atoms with Crippen LogP contribution in [-0.2, 0) is 16.0 Å². The third-order valence-corrected chi connectivity index (χ3v) is 5.80. The lowest BCUT2D eigenvalue weighted by atomic mass is 10.1. The number of carbonyl (C=O) groups is 1. The molecule has 3 aromatic rings. The topological polar surface area (TPSA) is 81.4 Å². The minimum Gasteiger partial charge on any atom is -0.377 e. The first kappa shape index (κ1) is 18.8. The molecule has 28 heavy (non-hydrogen) atoms. The highest BCUT2D eigenvalue weighted by Gasteiger charge is 2.32. The Morgan fingerprint density at radius 3 is 2.86 bits per heavy atom. The van der Waals surface area contributed by atoms with Crippen LogP contribution in [0, 0.1) is 0 Å². The number of aromatic nitrogens is 3. The molecule has 4 rings (SSSR count). The van der Waals surface area contributed by atoms with Gasteiger partial charge in [0.1, 0.15) is 6.04 Å². The largest absolute Gasteiger partial charge is 0.377 e. The second-order valence-corrected chi connectivity index (χ2v) is 7.90. The molecule has 0 unspecified atom stereocenters. The van der Waals surface area contributed by atoms with Crippen LogP contribution < -0.4 is 0 Å². The fraction of sp³-hybridized carbons (Fsp3) is 0.400. The first-order valence-electron chi connectivity index (χ1n) is 9.32. The van der Waals surface area contributed by atoms with Crippen LogP contribution in [0.1, 0.15) is 42.3 Å². The Bertz CT molecular complexity index is 938. The van der Waals surface area contributed by atoms with Gasteiger partial charge < -0.3 is 14.2 Å². The number of morpholine rings is 1. The minimum absolute atomic E-state index is 0.0000303. The molecule has 0 saturated carbocycles. The van der Waals surface area contributed by atoms with Gasteiger partial charge in [-0.1, -0.05) is 37.2 Å². The van der Waals surface area contributed by atoms with E-state index in [-0.39, 0.29) is 18.4 Å². The summed E-state index contributed by atoms with van der Waals surface area (Å²) >= 11 is 1.60. The van der Waals surface area contributed by atoms with Crippen molar-refractivity contribution < 1.29 is 14.1 Å². The van der Waals surface area contributed by atoms with Crippen LogP contribution in [0.3, 0.4) is 0 Å². The summed E-state index contributed by atoms with van der Waals surface area (Å²) in [5.74, 6) is 1.27. The lowest BCUT2D eigenvalue weighted by Gasteiger charge is -2.33. The molecule has 0 aliphatic carbocycles. The third-order valence-electron chi connectivity index (χ3n) is 4.61. The Morgan fingerprint density at radius 1 is 1.29 bits per heavy atom. The predicted octanol–water partition coefficient (Wildman–Crippen LogP) is 3.46. The molecule has 2 aromatic heterocycles. The summed E-state index contributed by atoms with van der Waals surface area (Å²) in [5.41, 5.74) is 1.65. The van der Waals surface area contributed by atoms with Gasteiger partial charge in [-0.15, -0.1) is 11.3 Å². The van der Waals surface area contributed by atoms with Gasteiger partial charge in [-0.05, 0) is 12.1 Å². The van der Waals surface area contributed by atoms with Crippen LogP contribution in [0.25, 0.3) is 11.5 Å². The van der Waals surface area contributed by atoms with Gasteiger partial charge in [0.2, 0.25) is 5.91 Å². The van der Waals surface area contributed by atoms with E-state index in [0.29, 0.717) is 37.4 Å². The fourth-order valence-corrected chi connectivity index (χ4v) is 3.94. The van der Waals surface area contributed by atoms with Crippen molar-refractivity contribution in [3.05, 3.63) is 52.2 Å². The fourth-order valence-electron chi connectivity index (χ4n) is 3.11. The zero-order valence-corrected chi connectivity index (χ0v) is 16.7. The van der Waals surface area contributed by atoms with Crippen LogP contribution in [0.5, 0.6) is 0 Å². The highest BCUT2D eigenvalue weighted by molar-refractivity contribution is 7.09. The molecule has 1 atom stereocenters. The lowest BCUT2D eigenvalue weighted by Crippen LogP contribution is -2.44. The second-order valence-electron chi connectivity index (χ2n) is 7.01. The van der Waals surface area contributed by atoms with Crippen LogP contribution in [0.4, 0.5) is 0 Å². The number of hydrogen-bond donors (Lipinski definition) is 0. The number of carbonyl (C=O) groups excluding carboxylic acids is 1. The van der Waals surface area contributed by atoms with Crippen LogP contribution in [0.15, 0.2) is 40.2 Å². The molecule has 0 N–H and O–H groups in total. The summed E-state index contributed by atoms with van der Waals surface area (Å²) in [4.78, 5) is 23.8. The van der Waals surface area contributed by atoms with Crippen molar-refractivity contribution in [2.45, 2.75) is 32.2 Å². The van der Waals surface area contributed by atoms with E-state index in [2.05, 4.69) is 29.0 Å². The van der Waals surface area contributed by atoms with Gasteiger partial charge >= 0.3 is 0 Å². The normalized spacial score (nSPS) is 17.2. The number of rotatable bonds is 5. The molecule has 0 radical (unpaired) electrons. The van der Waals surface area contributed by atoms with Crippen molar-refractivity contribution in [2.75, 3.05) is 19.8 Å². The zero-order valence-electron chi connectivity index (χ0n) is 15.9. The molecule has 1 fully saturated rings. The first-order chi connectivity index (χ1) is 13.6. The molecule has 0 bridgehead atoms. The summed E-state index contributed by atoms with van der Waals surface area (Å²) in [6.07, 6.45) is 0.267. The number of amides is 1. The average Bonchev–Trinajstić information content (AvgIpc) is 3.38. The maximum atomic E-state index is 13.0. The summed E-state index contributed by atoms with van der Waals surface area (Å²) in [5, 5.41) is 7.12. The lowest BCUT2D eigenvalue weighted by molar-refractivity contribution is -0.139. The standard InChI is InChI=1S/C20H22N4O3S/c1-13(2)20-21-15(12-28-20)10-17(25)24-8-9-26-11-16(24)18-22-19(27-23-18)14-6-4-3-5-7-14/h3-7,12-13,16H,8-11H2,1-2H3/t16-/m1/s1. The van der Waals surface area contributed by atoms with E-state index in [4.69, 9.17) is 9.26 Å². The van der Waals surface area contributed by atoms with E-state index in [0.717, 1.165) is 16.3 Å². The van der Waals surface area contributed by atoms with E-state index >= 15 is 0 Å². The molecular formula is C20H22N4O3S. The zero-order chi connectivity index (χ0) is 19.5. The van der Waals surface area contributed by atoms with Crippen molar-refractivity contribution in [3.8, 4) is 11.5 Å². The Balaban J connectivity index is 1.51. The van der Waals surface area contributed by atoms with Gasteiger partial charge in [0.05, 0.1) is 30.3 Å². The monoisotopic (exact) mass is 398 g/mol. The van der Waals surface area contributed by atoms with Crippen LogP contribution in [-0.4, -0.2) is 45.7 Å². The Kier molecular flexibility index (Phi) is 5.50. The van der Waals surface area contributed by atoms with Gasteiger partial charge in [0.25, 0.3) is 5.89 Å². The first-order valence-corrected chi connectivity index (χ1v) is 10.2. The van der Waals surface area contributed by atoms with Gasteiger partial charge in [-0.2, -0.15) is 4.98 Å². The molecule has 7 nitrogen and oxygen atoms in total. The molecular weight excluding hydrogens is 376 g/mol. The molecule has 1 aliphatic heterocycles. The van der Waals surface area contributed by atoms with E-state index in [1.807, 2.05) is 35.7 Å². The van der Waals surface area contributed by atoms with Gasteiger partial charge in [-0.25, -0.2) is 4.98 Å². The van der Waals surface area contributed by atoms with E-state index < -0.39 is 0 Å². The van der Waals surface area contributed by atoms with E-state index in [1.165, 1.54) is 0 Å². The summed E-state index contributed by atoms with van der Waals surface area (Å²) in [6.45, 7) is 5.56. The maximum absolute atomic E-state index is 13.0. The van der Waals surface area contributed by atoms with Crippen molar-refractivity contribution in [2.24, 2.45) is 0 Å². The smallest absolute Gasteiger partial charge is 0.257 e. The molecule has 1 amide bonds. The van der Waals surface area contributed by atoms with Crippen LogP contribution in [0.2, 0.25) is 0 Å². The quantitative estimate of drug-likeness (QED) is 0.655. The number of hydrogen-bond acceptors (Lipinski definition) is 7. The minimum atomic E-state index is -0.356. The number of benzene rings is 1. The Morgan fingerprint density at radius 2 is 2.11 bits per heavy atom. The Labute approximate surface area is 167 Å². The maximum Gasteiger partial charge on any atom is 0.257 e. The van der Waals surface area contributed by atoms with Gasteiger partial charge in [0, 0.05) is 23.4 Å². The molecule has 8 heteroatoms. The van der Waals surface area contributed by atoms with Crippen LogP contribution >= 0.6 is 11.3 Å². The molecule has 1 saturated heterocycles. The van der Waals surface area contributed by atoms with Gasteiger partial charge in [0.15, 0.2) is 5.82 Å². The van der Waals surface area contributed by atoms with Crippen molar-refractivity contribution in [1.29, 1.82) is 0 Å². The molecule has 1 aromatic carbocycles. The average molecular weight is 398 g/mol. The molecule has 1 aliphatic rings. The SMILES string of the molecule is CC(C)c1nc(CC(=O)N2CCOC[C@@H]2c2noc(-c3ccccc3)n2)cs1. The molecule has 3 heterocycles. The van der Waals surface area contributed by atoms with Crippen molar-refractivity contribution in [1.82, 2.24) is 20.0 Å². The highest BCUT2D eigenvalue weighted by atomic mass is 32.1. The van der Waals surface area contributed by atoms with Crippen molar-refractivity contribution in [3.63, 3.8) is 0 Å². The highest BCUT2D eigenvalue weighted by Crippen LogP contribution is 2.26. The number of ether oxygens (including phenoxy) is 1. The third kappa shape index (κ3) is 3.98. The predicted molar refractivity (Wildman–Crippen MR) is 105 cm³/mol. The van der Waals surface area contributed by atoms with E-state index in [1.54, 1.807) is 16.2 Å². The Hall–Kier alpha value is -2.58. The second kappa shape index (κ2) is 8.20. The van der Waals surface area contributed by atoms with E-state index in [9.17, 15) is 4.79 Å². The van der Waals surface area contributed by atoms with Gasteiger partial charge in [-0.3, -0.25) is 4.79 Å². The number of nitrogens with zero attached hydrogens (tertiary/aromatic N) is 4. The number of thiazole rings is 1. The molecule has 146 valence electrons. The summed E-state index contributed by atoms with van der Waals surface area (Å²) < 4.78 is 11.0. The van der Waals surface area contributed by atoms with Crippen molar-refractivity contribution >= 4 is 17.2 Å².